The van der Waals surface area contributed by atoms with Crippen molar-refractivity contribution in [2.24, 2.45) is 5.92 Å². The van der Waals surface area contributed by atoms with Gasteiger partial charge in [0.1, 0.15) is 17.6 Å². The molecule has 0 fully saturated rings. The summed E-state index contributed by atoms with van der Waals surface area (Å²) >= 11 is 0. The number of likely N-dealkylation sites (N-methyl/N-ethyl adjacent to an activating group) is 1. The SMILES string of the molecule is COc1ccc(NC(=O)N(C)C[C@@H]2Oc3ccc(NC(=O)c4ccncc4)cc3C(=O)N([C@H](C)CO)C[C@@H]2C)cc1. The third kappa shape index (κ3) is 7.12. The van der Waals surface area contributed by atoms with Crippen LogP contribution in [0.1, 0.15) is 34.6 Å². The summed E-state index contributed by atoms with van der Waals surface area (Å²) in [4.78, 5) is 46.4. The Bertz CT molecular complexity index is 1370. The summed E-state index contributed by atoms with van der Waals surface area (Å²) in [6, 6.07) is 14.3. The van der Waals surface area contributed by atoms with Gasteiger partial charge in [-0.15, -0.1) is 0 Å². The van der Waals surface area contributed by atoms with Crippen molar-refractivity contribution in [3.8, 4) is 11.5 Å². The molecule has 11 heteroatoms. The number of carbonyl (C=O) groups is 3. The van der Waals surface area contributed by atoms with Crippen LogP contribution in [0.25, 0.3) is 0 Å². The number of urea groups is 1. The molecule has 1 aromatic heterocycles. The summed E-state index contributed by atoms with van der Waals surface area (Å²) in [7, 11) is 3.25. The molecule has 0 saturated carbocycles. The van der Waals surface area contributed by atoms with Crippen molar-refractivity contribution in [2.45, 2.75) is 26.0 Å². The highest BCUT2D eigenvalue weighted by Crippen LogP contribution is 2.31. The zero-order valence-electron chi connectivity index (χ0n) is 23.5. The van der Waals surface area contributed by atoms with Gasteiger partial charge in [0.25, 0.3) is 11.8 Å². The average molecular weight is 562 g/mol. The van der Waals surface area contributed by atoms with Gasteiger partial charge in [-0.2, -0.15) is 0 Å². The molecule has 1 aliphatic rings. The molecule has 4 rings (SSSR count). The lowest BCUT2D eigenvalue weighted by molar-refractivity contribution is 0.0371. The Morgan fingerprint density at radius 2 is 1.80 bits per heavy atom. The van der Waals surface area contributed by atoms with E-state index >= 15 is 0 Å². The first-order chi connectivity index (χ1) is 19.7. The van der Waals surface area contributed by atoms with Gasteiger partial charge in [0.2, 0.25) is 0 Å². The lowest BCUT2D eigenvalue weighted by Gasteiger charge is -2.38. The zero-order chi connectivity index (χ0) is 29.5. The van der Waals surface area contributed by atoms with Crippen molar-refractivity contribution in [1.29, 1.82) is 0 Å². The first-order valence-electron chi connectivity index (χ1n) is 13.3. The van der Waals surface area contributed by atoms with Crippen LogP contribution in [0.15, 0.2) is 67.0 Å². The van der Waals surface area contributed by atoms with Crippen molar-refractivity contribution in [3.05, 3.63) is 78.1 Å². The van der Waals surface area contributed by atoms with Crippen LogP contribution in [0, 0.1) is 5.92 Å². The lowest BCUT2D eigenvalue weighted by atomic mass is 9.99. The number of ether oxygens (including phenoxy) is 2. The number of hydrogen-bond donors (Lipinski definition) is 3. The van der Waals surface area contributed by atoms with Crippen LogP contribution in [0.4, 0.5) is 16.2 Å². The number of aliphatic hydroxyl groups is 1. The maximum Gasteiger partial charge on any atom is 0.321 e. The largest absolute Gasteiger partial charge is 0.497 e. The van der Waals surface area contributed by atoms with E-state index in [4.69, 9.17) is 9.47 Å². The second-order valence-electron chi connectivity index (χ2n) is 10.1. The van der Waals surface area contributed by atoms with Crippen molar-refractivity contribution in [3.63, 3.8) is 0 Å². The van der Waals surface area contributed by atoms with Crippen LogP contribution >= 0.6 is 0 Å². The quantitative estimate of drug-likeness (QED) is 0.382. The number of fused-ring (bicyclic) bond motifs is 1. The summed E-state index contributed by atoms with van der Waals surface area (Å²) in [5, 5.41) is 15.6. The smallest absolute Gasteiger partial charge is 0.321 e. The molecule has 41 heavy (non-hydrogen) atoms. The van der Waals surface area contributed by atoms with E-state index in [0.717, 1.165) is 0 Å². The molecule has 0 aliphatic carbocycles. The Balaban J connectivity index is 1.56. The molecular weight excluding hydrogens is 526 g/mol. The number of pyridine rings is 1. The van der Waals surface area contributed by atoms with E-state index < -0.39 is 12.1 Å². The van der Waals surface area contributed by atoms with Gasteiger partial charge < -0.3 is 35.0 Å². The van der Waals surface area contributed by atoms with Gasteiger partial charge >= 0.3 is 6.03 Å². The fourth-order valence-electron chi connectivity index (χ4n) is 4.47. The molecule has 0 spiro atoms. The van der Waals surface area contributed by atoms with Crippen LogP contribution < -0.4 is 20.1 Å². The molecule has 0 unspecified atom stereocenters. The number of nitrogens with one attached hydrogen (secondary N) is 2. The van der Waals surface area contributed by atoms with E-state index in [0.29, 0.717) is 35.0 Å². The molecule has 3 N–H and O–H groups in total. The van der Waals surface area contributed by atoms with Crippen LogP contribution in [-0.4, -0.2) is 83.7 Å². The minimum atomic E-state index is -0.473. The van der Waals surface area contributed by atoms with E-state index in [9.17, 15) is 19.5 Å². The van der Waals surface area contributed by atoms with Gasteiger partial charge in [-0.25, -0.2) is 4.79 Å². The predicted molar refractivity (Wildman–Crippen MR) is 154 cm³/mol. The highest BCUT2D eigenvalue weighted by atomic mass is 16.5. The number of benzene rings is 2. The number of aliphatic hydroxyl groups excluding tert-OH is 1. The fourth-order valence-corrected chi connectivity index (χ4v) is 4.47. The molecule has 216 valence electrons. The van der Waals surface area contributed by atoms with Crippen LogP contribution in [0.2, 0.25) is 0 Å². The van der Waals surface area contributed by atoms with E-state index in [1.165, 1.54) is 17.3 Å². The molecule has 1 aliphatic heterocycles. The monoisotopic (exact) mass is 561 g/mol. The number of anilines is 2. The van der Waals surface area contributed by atoms with E-state index in [-0.39, 0.29) is 42.5 Å². The zero-order valence-corrected chi connectivity index (χ0v) is 23.5. The summed E-state index contributed by atoms with van der Waals surface area (Å²) in [6.07, 6.45) is 2.58. The maximum absolute atomic E-state index is 13.7. The first kappa shape index (κ1) is 29.3. The predicted octanol–water partition coefficient (Wildman–Crippen LogP) is 3.73. The Hall–Kier alpha value is -4.64. The molecule has 0 saturated heterocycles. The van der Waals surface area contributed by atoms with E-state index in [2.05, 4.69) is 15.6 Å². The molecule has 0 radical (unpaired) electrons. The molecule has 4 amide bonds. The Morgan fingerprint density at radius 3 is 2.46 bits per heavy atom. The molecular formula is C30H35N5O6. The van der Waals surface area contributed by atoms with Crippen molar-refractivity contribution in [1.82, 2.24) is 14.8 Å². The molecule has 2 aromatic carbocycles. The normalized spacial score (nSPS) is 17.3. The third-order valence-corrected chi connectivity index (χ3v) is 7.01. The Kier molecular flexibility index (Phi) is 9.41. The van der Waals surface area contributed by atoms with Gasteiger partial charge in [0, 0.05) is 48.8 Å². The topological polar surface area (TPSA) is 133 Å². The van der Waals surface area contributed by atoms with Gasteiger partial charge in [-0.1, -0.05) is 6.92 Å². The average Bonchev–Trinajstić information content (AvgIpc) is 2.99. The minimum Gasteiger partial charge on any atom is -0.497 e. The van der Waals surface area contributed by atoms with E-state index in [1.807, 2.05) is 6.92 Å². The third-order valence-electron chi connectivity index (χ3n) is 7.01. The molecule has 3 aromatic rings. The number of carbonyl (C=O) groups excluding carboxylic acids is 3. The van der Waals surface area contributed by atoms with Crippen LogP contribution in [0.5, 0.6) is 11.5 Å². The van der Waals surface area contributed by atoms with Crippen molar-refractivity contribution >= 4 is 29.2 Å². The highest BCUT2D eigenvalue weighted by Gasteiger charge is 2.34. The van der Waals surface area contributed by atoms with Gasteiger partial charge in [-0.05, 0) is 61.5 Å². The number of hydrogen-bond acceptors (Lipinski definition) is 7. The molecule has 3 atom stereocenters. The van der Waals surface area contributed by atoms with E-state index in [1.54, 1.807) is 80.6 Å². The second kappa shape index (κ2) is 13.1. The first-order valence-corrected chi connectivity index (χ1v) is 13.3. The number of nitrogens with zero attached hydrogens (tertiary/aromatic N) is 3. The van der Waals surface area contributed by atoms with Crippen LogP contribution in [0.3, 0.4) is 0 Å². The lowest BCUT2D eigenvalue weighted by Crippen LogP contribution is -2.50. The highest BCUT2D eigenvalue weighted by molar-refractivity contribution is 6.05. The number of rotatable bonds is 8. The Labute approximate surface area is 239 Å². The summed E-state index contributed by atoms with van der Waals surface area (Å²) in [6.45, 7) is 4.02. The standard InChI is InChI=1S/C30H35N5O6/c1-19-16-35(20(2)18-36)29(38)25-15-23(32-28(37)21-11-13-31-14-12-21)7-10-26(25)41-27(19)17-34(3)30(39)33-22-5-8-24(40-4)9-6-22/h5-15,19-20,27,36H,16-18H2,1-4H3,(H,32,37)(H,33,39)/t19-,20+,27-/m0/s1. The summed E-state index contributed by atoms with van der Waals surface area (Å²) in [5.74, 6) is 0.166. The number of methoxy groups -OCH3 is 1. The summed E-state index contributed by atoms with van der Waals surface area (Å²) < 4.78 is 11.5. The second-order valence-corrected chi connectivity index (χ2v) is 10.1. The Morgan fingerprint density at radius 1 is 1.12 bits per heavy atom. The number of amides is 4. The van der Waals surface area contributed by atoms with Gasteiger partial charge in [0.15, 0.2) is 0 Å². The van der Waals surface area contributed by atoms with Crippen molar-refractivity contribution in [2.75, 3.05) is 44.5 Å². The number of aromatic nitrogens is 1. The molecule has 11 nitrogen and oxygen atoms in total. The van der Waals surface area contributed by atoms with Crippen molar-refractivity contribution < 1.29 is 29.0 Å². The molecule has 2 heterocycles. The summed E-state index contributed by atoms with van der Waals surface area (Å²) in [5.41, 5.74) is 1.71. The van der Waals surface area contributed by atoms with Gasteiger partial charge in [-0.3, -0.25) is 14.6 Å². The minimum absolute atomic E-state index is 0.177. The maximum atomic E-state index is 13.7. The van der Waals surface area contributed by atoms with Gasteiger partial charge in [0.05, 0.1) is 31.9 Å². The fraction of sp³-hybridized carbons (Fsp3) is 0.333. The van der Waals surface area contributed by atoms with Crippen LogP contribution in [-0.2, 0) is 0 Å². The molecule has 0 bridgehead atoms.